The van der Waals surface area contributed by atoms with Crippen molar-refractivity contribution in [3.05, 3.63) is 11.1 Å². The van der Waals surface area contributed by atoms with Crippen LogP contribution in [0.5, 0.6) is 0 Å². The summed E-state index contributed by atoms with van der Waals surface area (Å²) in [5.74, 6) is 0.651. The Kier molecular flexibility index (Phi) is 5.22. The number of ether oxygens (including phenoxy) is 1. The second kappa shape index (κ2) is 7.33. The van der Waals surface area contributed by atoms with Crippen molar-refractivity contribution >= 4 is 22.4 Å². The van der Waals surface area contributed by atoms with Crippen LogP contribution >= 0.6 is 11.3 Å². The smallest absolute Gasteiger partial charge is 0.226 e. The average molecular weight is 309 g/mol. The van der Waals surface area contributed by atoms with Crippen LogP contribution in [0, 0.1) is 0 Å². The second-order valence-corrected chi connectivity index (χ2v) is 6.88. The van der Waals surface area contributed by atoms with E-state index in [1.807, 2.05) is 6.20 Å². The molecule has 6 heteroatoms. The van der Waals surface area contributed by atoms with Gasteiger partial charge >= 0.3 is 0 Å². The summed E-state index contributed by atoms with van der Waals surface area (Å²) < 4.78 is 5.54. The van der Waals surface area contributed by atoms with Crippen LogP contribution in [-0.4, -0.2) is 36.7 Å². The van der Waals surface area contributed by atoms with Crippen LogP contribution in [0.2, 0.25) is 0 Å². The number of carbonyl (C=O) groups is 1. The van der Waals surface area contributed by atoms with Crippen LogP contribution in [0.3, 0.4) is 0 Å². The summed E-state index contributed by atoms with van der Waals surface area (Å²) in [6.45, 7) is 3.00. The normalized spacial score (nSPS) is 23.3. The molecule has 0 aromatic carbocycles. The van der Waals surface area contributed by atoms with E-state index in [-0.39, 0.29) is 12.0 Å². The topological polar surface area (TPSA) is 63.2 Å². The number of nitrogens with zero attached hydrogens (tertiary/aromatic N) is 1. The molecule has 0 aliphatic carbocycles. The summed E-state index contributed by atoms with van der Waals surface area (Å²) in [6.07, 6.45) is 8.07. The molecule has 2 aliphatic heterocycles. The minimum Gasteiger partial charge on any atom is -0.378 e. The molecule has 1 amide bonds. The Balaban J connectivity index is 1.45. The van der Waals surface area contributed by atoms with E-state index < -0.39 is 0 Å². The number of hydrogen-bond donors (Lipinski definition) is 2. The number of rotatable bonds is 5. The Morgan fingerprint density at radius 1 is 1.43 bits per heavy atom. The van der Waals surface area contributed by atoms with Crippen molar-refractivity contribution in [3.8, 4) is 0 Å². The number of carbonyl (C=O) groups excluding carboxylic acids is 1. The number of thiazole rings is 1. The molecule has 0 radical (unpaired) electrons. The van der Waals surface area contributed by atoms with Gasteiger partial charge in [-0.1, -0.05) is 0 Å². The molecule has 5 nitrogen and oxygen atoms in total. The van der Waals surface area contributed by atoms with Crippen LogP contribution < -0.4 is 10.6 Å². The highest BCUT2D eigenvalue weighted by molar-refractivity contribution is 7.15. The van der Waals surface area contributed by atoms with Gasteiger partial charge in [0.1, 0.15) is 0 Å². The Bertz CT molecular complexity index is 465. The molecule has 1 aromatic rings. The Hall–Kier alpha value is -0.980. The predicted molar refractivity (Wildman–Crippen MR) is 83.8 cm³/mol. The maximum atomic E-state index is 11.9. The molecule has 116 valence electrons. The van der Waals surface area contributed by atoms with Crippen molar-refractivity contribution in [1.82, 2.24) is 10.3 Å². The third-order valence-corrected chi connectivity index (χ3v) is 5.30. The fourth-order valence-corrected chi connectivity index (χ4v) is 3.99. The van der Waals surface area contributed by atoms with Gasteiger partial charge in [-0.05, 0) is 51.1 Å². The Labute approximate surface area is 129 Å². The first kappa shape index (κ1) is 14.9. The molecule has 0 saturated carbocycles. The molecular formula is C15H23N3O2S. The van der Waals surface area contributed by atoms with Gasteiger partial charge in [-0.3, -0.25) is 4.79 Å². The molecule has 2 saturated heterocycles. The summed E-state index contributed by atoms with van der Waals surface area (Å²) >= 11 is 1.62. The largest absolute Gasteiger partial charge is 0.378 e. The summed E-state index contributed by atoms with van der Waals surface area (Å²) in [7, 11) is 0. The fourth-order valence-electron chi connectivity index (χ4n) is 2.99. The van der Waals surface area contributed by atoms with Gasteiger partial charge in [0.25, 0.3) is 0 Å². The Morgan fingerprint density at radius 3 is 3.05 bits per heavy atom. The van der Waals surface area contributed by atoms with E-state index >= 15 is 0 Å². The van der Waals surface area contributed by atoms with Gasteiger partial charge in [-0.15, -0.1) is 11.3 Å². The van der Waals surface area contributed by atoms with Crippen LogP contribution in [0.15, 0.2) is 6.20 Å². The standard InChI is InChI=1S/C15H23N3O2S/c19-14(4-3-12-2-1-9-20-12)18-15-17-10-13(21-15)11-5-7-16-8-6-11/h10-12,16H,1-9H2,(H,17,18,19). The fraction of sp³-hybridized carbons (Fsp3) is 0.733. The molecule has 1 unspecified atom stereocenters. The second-order valence-electron chi connectivity index (χ2n) is 5.81. The maximum Gasteiger partial charge on any atom is 0.226 e. The highest BCUT2D eigenvalue weighted by Crippen LogP contribution is 2.31. The third kappa shape index (κ3) is 4.25. The van der Waals surface area contributed by atoms with Crippen LogP contribution in [0.25, 0.3) is 0 Å². The summed E-state index contributed by atoms with van der Waals surface area (Å²) in [5, 5.41) is 7.03. The quantitative estimate of drug-likeness (QED) is 0.877. The highest BCUT2D eigenvalue weighted by Gasteiger charge is 2.19. The van der Waals surface area contributed by atoms with E-state index in [9.17, 15) is 4.79 Å². The molecule has 2 N–H and O–H groups in total. The SMILES string of the molecule is O=C(CCC1CCCO1)Nc1ncc(C2CCNCC2)s1. The van der Waals surface area contributed by atoms with Gasteiger partial charge < -0.3 is 15.4 Å². The van der Waals surface area contributed by atoms with Crippen molar-refractivity contribution < 1.29 is 9.53 Å². The summed E-state index contributed by atoms with van der Waals surface area (Å²) in [5.41, 5.74) is 0. The number of amides is 1. The number of aromatic nitrogens is 1. The number of piperidine rings is 1. The van der Waals surface area contributed by atoms with Gasteiger partial charge in [0.2, 0.25) is 5.91 Å². The zero-order chi connectivity index (χ0) is 14.5. The molecule has 21 heavy (non-hydrogen) atoms. The van der Waals surface area contributed by atoms with Gasteiger partial charge in [0, 0.05) is 24.1 Å². The van der Waals surface area contributed by atoms with Crippen molar-refractivity contribution in [2.24, 2.45) is 0 Å². The molecule has 2 aliphatic rings. The van der Waals surface area contributed by atoms with E-state index in [0.717, 1.165) is 56.9 Å². The van der Waals surface area contributed by atoms with Crippen molar-refractivity contribution in [3.63, 3.8) is 0 Å². The minimum atomic E-state index is 0.0525. The first-order valence-corrected chi connectivity index (χ1v) is 8.71. The van der Waals surface area contributed by atoms with Crippen LogP contribution in [-0.2, 0) is 9.53 Å². The molecule has 2 fully saturated rings. The lowest BCUT2D eigenvalue weighted by molar-refractivity contribution is -0.116. The number of anilines is 1. The first-order valence-electron chi connectivity index (χ1n) is 7.89. The average Bonchev–Trinajstić information content (AvgIpc) is 3.17. The molecule has 3 heterocycles. The first-order chi connectivity index (χ1) is 10.3. The molecular weight excluding hydrogens is 286 g/mol. The van der Waals surface area contributed by atoms with Crippen molar-refractivity contribution in [2.75, 3.05) is 25.0 Å². The molecule has 0 bridgehead atoms. The molecule has 1 aromatic heterocycles. The van der Waals surface area contributed by atoms with Crippen molar-refractivity contribution in [2.45, 2.75) is 50.5 Å². The van der Waals surface area contributed by atoms with E-state index in [1.165, 1.54) is 4.88 Å². The van der Waals surface area contributed by atoms with E-state index in [2.05, 4.69) is 15.6 Å². The molecule has 3 rings (SSSR count). The lowest BCUT2D eigenvalue weighted by Crippen LogP contribution is -2.26. The van der Waals surface area contributed by atoms with Gasteiger partial charge in [-0.25, -0.2) is 4.98 Å². The summed E-state index contributed by atoms with van der Waals surface area (Å²) in [6, 6.07) is 0. The van der Waals surface area contributed by atoms with Gasteiger partial charge in [-0.2, -0.15) is 0 Å². The zero-order valence-corrected chi connectivity index (χ0v) is 13.1. The lowest BCUT2D eigenvalue weighted by Gasteiger charge is -2.20. The van der Waals surface area contributed by atoms with Crippen LogP contribution in [0.1, 0.15) is 49.3 Å². The maximum absolute atomic E-state index is 11.9. The Morgan fingerprint density at radius 2 is 2.29 bits per heavy atom. The van der Waals surface area contributed by atoms with Gasteiger partial charge in [0.15, 0.2) is 5.13 Å². The summed E-state index contributed by atoms with van der Waals surface area (Å²) in [4.78, 5) is 17.6. The van der Waals surface area contributed by atoms with E-state index in [4.69, 9.17) is 4.74 Å². The third-order valence-electron chi connectivity index (χ3n) is 4.23. The minimum absolute atomic E-state index is 0.0525. The number of nitrogens with one attached hydrogen (secondary N) is 2. The van der Waals surface area contributed by atoms with Crippen molar-refractivity contribution in [1.29, 1.82) is 0 Å². The lowest BCUT2D eigenvalue weighted by atomic mass is 9.97. The monoisotopic (exact) mass is 309 g/mol. The molecule has 0 spiro atoms. The predicted octanol–water partition coefficient (Wildman–Crippen LogP) is 2.51. The van der Waals surface area contributed by atoms with E-state index in [1.54, 1.807) is 11.3 Å². The van der Waals surface area contributed by atoms with Crippen LogP contribution in [0.4, 0.5) is 5.13 Å². The van der Waals surface area contributed by atoms with Gasteiger partial charge in [0.05, 0.1) is 6.10 Å². The number of hydrogen-bond acceptors (Lipinski definition) is 5. The van der Waals surface area contributed by atoms with E-state index in [0.29, 0.717) is 12.3 Å². The highest BCUT2D eigenvalue weighted by atomic mass is 32.1. The molecule has 1 atom stereocenters. The zero-order valence-electron chi connectivity index (χ0n) is 12.3.